The number of piperidine rings is 1. The number of carbonyl (C=O) groups is 3. The van der Waals surface area contributed by atoms with Crippen LogP contribution in [0.2, 0.25) is 0 Å². The molecule has 2 heterocycles. The zero-order valence-corrected chi connectivity index (χ0v) is 17.6. The number of benzene rings is 2. The lowest BCUT2D eigenvalue weighted by Gasteiger charge is -2.31. The van der Waals surface area contributed by atoms with Gasteiger partial charge in [-0.2, -0.15) is 0 Å². The van der Waals surface area contributed by atoms with Gasteiger partial charge >= 0.3 is 0 Å². The average Bonchev–Trinajstić information content (AvgIpc) is 2.82. The first-order valence-electron chi connectivity index (χ1n) is 10.6. The number of amides is 2. The van der Waals surface area contributed by atoms with Crippen LogP contribution in [0.1, 0.15) is 35.7 Å². The number of likely N-dealkylation sites (tertiary alicyclic amines) is 1. The Morgan fingerprint density at radius 2 is 1.87 bits per heavy atom. The molecule has 0 spiro atoms. The fourth-order valence-corrected chi connectivity index (χ4v) is 3.92. The molecule has 31 heavy (non-hydrogen) atoms. The van der Waals surface area contributed by atoms with Gasteiger partial charge in [0.1, 0.15) is 11.5 Å². The van der Waals surface area contributed by atoms with Crippen LogP contribution in [0.4, 0.5) is 5.69 Å². The van der Waals surface area contributed by atoms with E-state index in [9.17, 15) is 14.4 Å². The molecule has 2 aromatic carbocycles. The van der Waals surface area contributed by atoms with Crippen LogP contribution in [0.15, 0.2) is 42.5 Å². The first-order chi connectivity index (χ1) is 15.0. The summed E-state index contributed by atoms with van der Waals surface area (Å²) in [6.45, 7) is 3.12. The normalized spacial score (nSPS) is 16.2. The Hall–Kier alpha value is -3.35. The second-order valence-electron chi connectivity index (χ2n) is 7.85. The highest BCUT2D eigenvalue weighted by molar-refractivity contribution is 6.01. The van der Waals surface area contributed by atoms with E-state index >= 15 is 0 Å². The summed E-state index contributed by atoms with van der Waals surface area (Å²) in [4.78, 5) is 38.7. The number of aryl methyl sites for hydroxylation is 1. The van der Waals surface area contributed by atoms with Crippen molar-refractivity contribution in [2.45, 2.75) is 26.2 Å². The van der Waals surface area contributed by atoms with E-state index < -0.39 is 0 Å². The molecule has 2 aliphatic heterocycles. The van der Waals surface area contributed by atoms with Crippen LogP contribution in [0, 0.1) is 5.92 Å². The molecule has 0 radical (unpaired) electrons. The van der Waals surface area contributed by atoms with Gasteiger partial charge in [0, 0.05) is 24.6 Å². The van der Waals surface area contributed by atoms with E-state index in [0.717, 1.165) is 6.42 Å². The molecule has 7 heteroatoms. The predicted octanol–water partition coefficient (Wildman–Crippen LogP) is 3.08. The Kier molecular flexibility index (Phi) is 6.21. The minimum Gasteiger partial charge on any atom is -0.484 e. The molecule has 1 fully saturated rings. The Bertz CT molecular complexity index is 978. The third-order valence-electron chi connectivity index (χ3n) is 5.81. The van der Waals surface area contributed by atoms with Gasteiger partial charge in [0.05, 0.1) is 5.69 Å². The summed E-state index contributed by atoms with van der Waals surface area (Å²) >= 11 is 0. The Labute approximate surface area is 181 Å². The second-order valence-corrected chi connectivity index (χ2v) is 7.85. The standard InChI is InChI=1S/C24H26N2O5/c1-2-16-3-6-19(7-4-16)30-15-23(28)26-11-9-17(10-12-26)24(29)18-5-8-21-20(13-18)25-22(27)14-31-21/h3-8,13,17H,2,9-12,14-15H2,1H3,(H,25,27). The van der Waals surface area contributed by atoms with Gasteiger partial charge in [0.25, 0.3) is 11.8 Å². The first kappa shape index (κ1) is 20.9. The molecule has 0 bridgehead atoms. The van der Waals surface area contributed by atoms with E-state index in [-0.39, 0.29) is 36.7 Å². The molecule has 1 saturated heterocycles. The maximum Gasteiger partial charge on any atom is 0.262 e. The number of anilines is 1. The lowest BCUT2D eigenvalue weighted by atomic mass is 9.88. The molecular weight excluding hydrogens is 396 g/mol. The number of Topliss-reactive ketones (excluding diaryl/α,β-unsaturated/α-hetero) is 1. The third-order valence-corrected chi connectivity index (χ3v) is 5.81. The average molecular weight is 422 g/mol. The van der Waals surface area contributed by atoms with Crippen LogP contribution in [0.25, 0.3) is 0 Å². The molecule has 162 valence electrons. The van der Waals surface area contributed by atoms with Crippen LogP contribution in [0.3, 0.4) is 0 Å². The number of carbonyl (C=O) groups excluding carboxylic acids is 3. The fourth-order valence-electron chi connectivity index (χ4n) is 3.92. The number of hydrogen-bond acceptors (Lipinski definition) is 5. The number of ketones is 1. The van der Waals surface area contributed by atoms with Gasteiger partial charge in [-0.3, -0.25) is 14.4 Å². The molecule has 7 nitrogen and oxygen atoms in total. The largest absolute Gasteiger partial charge is 0.484 e. The van der Waals surface area contributed by atoms with Crippen LogP contribution in [-0.2, 0) is 16.0 Å². The minimum absolute atomic E-state index is 0.00535. The van der Waals surface area contributed by atoms with Crippen molar-refractivity contribution < 1.29 is 23.9 Å². The molecule has 0 aromatic heterocycles. The van der Waals surface area contributed by atoms with Crippen molar-refractivity contribution in [3.05, 3.63) is 53.6 Å². The van der Waals surface area contributed by atoms with Gasteiger partial charge in [-0.15, -0.1) is 0 Å². The molecule has 0 unspecified atom stereocenters. The Morgan fingerprint density at radius 1 is 1.13 bits per heavy atom. The van der Waals surface area contributed by atoms with Crippen molar-refractivity contribution in [2.75, 3.05) is 31.6 Å². The van der Waals surface area contributed by atoms with Gasteiger partial charge in [0.2, 0.25) is 0 Å². The summed E-state index contributed by atoms with van der Waals surface area (Å²) in [5.41, 5.74) is 2.30. The highest BCUT2D eigenvalue weighted by atomic mass is 16.5. The van der Waals surface area contributed by atoms with Gasteiger partial charge in [0.15, 0.2) is 19.0 Å². The van der Waals surface area contributed by atoms with E-state index in [4.69, 9.17) is 9.47 Å². The molecule has 0 atom stereocenters. The van der Waals surface area contributed by atoms with Crippen LogP contribution in [-0.4, -0.2) is 48.8 Å². The maximum absolute atomic E-state index is 12.9. The summed E-state index contributed by atoms with van der Waals surface area (Å²) in [5.74, 6) is 0.832. The second kappa shape index (κ2) is 9.20. The summed E-state index contributed by atoms with van der Waals surface area (Å²) in [6, 6.07) is 12.9. The monoisotopic (exact) mass is 422 g/mol. The number of fused-ring (bicyclic) bond motifs is 1. The number of nitrogens with one attached hydrogen (secondary N) is 1. The summed E-state index contributed by atoms with van der Waals surface area (Å²) < 4.78 is 11.0. The fraction of sp³-hybridized carbons (Fsp3) is 0.375. The molecule has 2 aromatic rings. The van der Waals surface area contributed by atoms with Crippen molar-refractivity contribution in [2.24, 2.45) is 5.92 Å². The highest BCUT2D eigenvalue weighted by Gasteiger charge is 2.29. The predicted molar refractivity (Wildman–Crippen MR) is 116 cm³/mol. The van der Waals surface area contributed by atoms with E-state index in [1.807, 2.05) is 24.3 Å². The van der Waals surface area contributed by atoms with Crippen LogP contribution >= 0.6 is 0 Å². The van der Waals surface area contributed by atoms with E-state index in [2.05, 4.69) is 12.2 Å². The number of ether oxygens (including phenoxy) is 2. The van der Waals surface area contributed by atoms with Crippen molar-refractivity contribution in [3.8, 4) is 11.5 Å². The van der Waals surface area contributed by atoms with Crippen molar-refractivity contribution in [1.29, 1.82) is 0 Å². The summed E-state index contributed by atoms with van der Waals surface area (Å²) in [7, 11) is 0. The van der Waals surface area contributed by atoms with Crippen molar-refractivity contribution >= 4 is 23.3 Å². The van der Waals surface area contributed by atoms with E-state index in [1.54, 1.807) is 23.1 Å². The SMILES string of the molecule is CCc1ccc(OCC(=O)N2CCC(C(=O)c3ccc4c(c3)NC(=O)CO4)CC2)cc1. The number of nitrogens with zero attached hydrogens (tertiary/aromatic N) is 1. The van der Waals surface area contributed by atoms with Crippen molar-refractivity contribution in [1.82, 2.24) is 4.90 Å². The van der Waals surface area contributed by atoms with Gasteiger partial charge < -0.3 is 19.7 Å². The molecular formula is C24H26N2O5. The molecule has 1 N–H and O–H groups in total. The Morgan fingerprint density at radius 3 is 2.58 bits per heavy atom. The van der Waals surface area contributed by atoms with Crippen LogP contribution in [0.5, 0.6) is 11.5 Å². The van der Waals surface area contributed by atoms with Gasteiger partial charge in [-0.1, -0.05) is 19.1 Å². The molecule has 0 saturated carbocycles. The van der Waals surface area contributed by atoms with E-state index in [1.165, 1.54) is 5.56 Å². The number of rotatable bonds is 6. The highest BCUT2D eigenvalue weighted by Crippen LogP contribution is 2.30. The van der Waals surface area contributed by atoms with Gasteiger partial charge in [-0.25, -0.2) is 0 Å². The topological polar surface area (TPSA) is 84.9 Å². The number of hydrogen-bond donors (Lipinski definition) is 1. The molecule has 0 aliphatic carbocycles. The van der Waals surface area contributed by atoms with E-state index in [0.29, 0.717) is 48.7 Å². The minimum atomic E-state index is -0.229. The van der Waals surface area contributed by atoms with Crippen molar-refractivity contribution in [3.63, 3.8) is 0 Å². The van der Waals surface area contributed by atoms with Crippen LogP contribution < -0.4 is 14.8 Å². The molecule has 2 aliphatic rings. The first-order valence-corrected chi connectivity index (χ1v) is 10.6. The lowest BCUT2D eigenvalue weighted by molar-refractivity contribution is -0.134. The smallest absolute Gasteiger partial charge is 0.262 e. The molecule has 2 amide bonds. The molecule has 4 rings (SSSR count). The summed E-state index contributed by atoms with van der Waals surface area (Å²) in [5, 5.41) is 2.73. The van der Waals surface area contributed by atoms with Gasteiger partial charge in [-0.05, 0) is 55.2 Å². The Balaban J connectivity index is 1.28. The third kappa shape index (κ3) is 4.87. The zero-order valence-electron chi connectivity index (χ0n) is 17.6. The maximum atomic E-state index is 12.9. The zero-order chi connectivity index (χ0) is 21.8. The summed E-state index contributed by atoms with van der Waals surface area (Å²) in [6.07, 6.45) is 2.17. The quantitative estimate of drug-likeness (QED) is 0.723. The lowest BCUT2D eigenvalue weighted by Crippen LogP contribution is -2.42.